The van der Waals surface area contributed by atoms with E-state index in [1.165, 1.54) is 37.9 Å². The van der Waals surface area contributed by atoms with E-state index in [9.17, 15) is 0 Å². The van der Waals surface area contributed by atoms with Crippen molar-refractivity contribution in [2.45, 2.75) is 38.1 Å². The summed E-state index contributed by atoms with van der Waals surface area (Å²) >= 11 is 0. The Hall–Kier alpha value is -1.24. The number of piperidine rings is 1. The molecule has 0 saturated carbocycles. The van der Waals surface area contributed by atoms with Crippen LogP contribution >= 0.6 is 0 Å². The van der Waals surface area contributed by atoms with Crippen molar-refractivity contribution < 1.29 is 22.0 Å². The fourth-order valence-electron chi connectivity index (χ4n) is 3.68. The first-order valence-electron chi connectivity index (χ1n) is 7.35. The fourth-order valence-corrected chi connectivity index (χ4v) is 3.68. The zero-order valence-corrected chi connectivity index (χ0v) is 12.6. The van der Waals surface area contributed by atoms with Gasteiger partial charge < -0.3 is 22.0 Å². The molecule has 1 aromatic rings. The van der Waals surface area contributed by atoms with Crippen LogP contribution in [-0.4, -0.2) is 25.7 Å². The number of nitrogens with one attached hydrogen (secondary N) is 1. The van der Waals surface area contributed by atoms with Crippen molar-refractivity contribution >= 4 is 0 Å². The quantitative estimate of drug-likeness (QED) is 0.720. The highest BCUT2D eigenvalue weighted by atomic mass is 35.5. The molecule has 1 saturated heterocycles. The predicted octanol–water partition coefficient (Wildman–Crippen LogP) is -1.50. The molecule has 3 nitrogen and oxygen atoms in total. The van der Waals surface area contributed by atoms with Gasteiger partial charge in [0.05, 0.1) is 24.7 Å². The number of ether oxygens (including phenoxy) is 1. The molecule has 0 spiro atoms. The Morgan fingerprint density at radius 3 is 3.05 bits per heavy atom. The Labute approximate surface area is 126 Å². The molecule has 2 heterocycles. The third-order valence-corrected chi connectivity index (χ3v) is 4.55. The Morgan fingerprint density at radius 1 is 1.45 bits per heavy atom. The lowest BCUT2D eigenvalue weighted by atomic mass is 9.81. The average Bonchev–Trinajstić information content (AvgIpc) is 2.47. The molecule has 2 aliphatic rings. The van der Waals surface area contributed by atoms with Gasteiger partial charge in [-0.15, -0.1) is 0 Å². The van der Waals surface area contributed by atoms with E-state index >= 15 is 0 Å². The van der Waals surface area contributed by atoms with Crippen LogP contribution in [0.3, 0.4) is 0 Å². The number of nitriles is 1. The molecule has 1 unspecified atom stereocenters. The molecule has 3 rings (SSSR count). The van der Waals surface area contributed by atoms with Gasteiger partial charge in [0.1, 0.15) is 18.4 Å². The number of rotatable bonds is 2. The summed E-state index contributed by atoms with van der Waals surface area (Å²) in [6, 6.07) is 8.70. The second kappa shape index (κ2) is 6.47. The SMILES string of the molecule is CCC[NH+]1CCC[C@@H]2c3cc(C#N)ccc3OC[C@H]21.[Cl-]. The van der Waals surface area contributed by atoms with E-state index in [0.29, 0.717) is 12.0 Å². The van der Waals surface area contributed by atoms with E-state index in [0.717, 1.165) is 17.9 Å². The number of fused-ring (bicyclic) bond motifs is 3. The highest BCUT2D eigenvalue weighted by Crippen LogP contribution is 2.37. The molecule has 4 heteroatoms. The molecule has 1 aromatic carbocycles. The smallest absolute Gasteiger partial charge is 0.140 e. The Bertz CT molecular complexity index is 510. The summed E-state index contributed by atoms with van der Waals surface area (Å²) < 4.78 is 5.94. The Morgan fingerprint density at radius 2 is 2.30 bits per heavy atom. The van der Waals surface area contributed by atoms with Crippen molar-refractivity contribution in [2.75, 3.05) is 19.7 Å². The fraction of sp³-hybridized carbons (Fsp3) is 0.562. The highest BCUT2D eigenvalue weighted by Gasteiger charge is 2.40. The van der Waals surface area contributed by atoms with Gasteiger partial charge in [-0.1, -0.05) is 6.92 Å². The molecule has 2 aliphatic heterocycles. The van der Waals surface area contributed by atoms with Crippen molar-refractivity contribution in [3.05, 3.63) is 29.3 Å². The summed E-state index contributed by atoms with van der Waals surface area (Å²) in [5, 5.41) is 9.08. The van der Waals surface area contributed by atoms with Crippen LogP contribution < -0.4 is 22.0 Å². The molecule has 0 bridgehead atoms. The number of hydrogen-bond donors (Lipinski definition) is 1. The van der Waals surface area contributed by atoms with Crippen LogP contribution in [0.25, 0.3) is 0 Å². The van der Waals surface area contributed by atoms with Gasteiger partial charge in [-0.2, -0.15) is 5.26 Å². The first-order valence-corrected chi connectivity index (χ1v) is 7.35. The summed E-state index contributed by atoms with van der Waals surface area (Å²) in [4.78, 5) is 1.69. The summed E-state index contributed by atoms with van der Waals surface area (Å²) in [5.41, 5.74) is 2.02. The standard InChI is InChI=1S/C16H20N2O.ClH/c1-2-7-18-8-3-4-13-14-9-12(10-17)5-6-16(14)19-11-15(13)18;/h5-6,9,13,15H,2-4,7-8,11H2,1H3;1H/t13-,15-;/m1./s1. The first-order chi connectivity index (χ1) is 9.33. The molecule has 108 valence electrons. The van der Waals surface area contributed by atoms with Crippen molar-refractivity contribution in [1.29, 1.82) is 5.26 Å². The van der Waals surface area contributed by atoms with Gasteiger partial charge in [-0.25, -0.2) is 0 Å². The third kappa shape index (κ3) is 2.63. The number of benzene rings is 1. The Balaban J connectivity index is 0.00000147. The second-order valence-electron chi connectivity index (χ2n) is 5.69. The van der Waals surface area contributed by atoms with E-state index in [-0.39, 0.29) is 12.4 Å². The predicted molar refractivity (Wildman–Crippen MR) is 73.4 cm³/mol. The zero-order chi connectivity index (χ0) is 13.2. The van der Waals surface area contributed by atoms with Crippen molar-refractivity contribution in [1.82, 2.24) is 0 Å². The maximum atomic E-state index is 9.08. The molecule has 0 radical (unpaired) electrons. The minimum atomic E-state index is 0. The summed E-state index contributed by atoms with van der Waals surface area (Å²) in [7, 11) is 0. The van der Waals surface area contributed by atoms with E-state index in [2.05, 4.69) is 13.0 Å². The zero-order valence-electron chi connectivity index (χ0n) is 11.9. The molecule has 3 atom stereocenters. The molecule has 0 aliphatic carbocycles. The van der Waals surface area contributed by atoms with Crippen LogP contribution in [0, 0.1) is 11.3 Å². The first kappa shape index (κ1) is 15.2. The number of likely N-dealkylation sites (tertiary alicyclic amines) is 1. The van der Waals surface area contributed by atoms with Crippen LogP contribution in [0.4, 0.5) is 0 Å². The number of nitrogens with zero attached hydrogens (tertiary/aromatic N) is 1. The Kier molecular flexibility index (Phi) is 4.91. The van der Waals surface area contributed by atoms with Gasteiger partial charge >= 0.3 is 0 Å². The van der Waals surface area contributed by atoms with Crippen LogP contribution in [0.15, 0.2) is 18.2 Å². The minimum Gasteiger partial charge on any atom is -1.00 e. The largest absolute Gasteiger partial charge is 1.00 e. The summed E-state index contributed by atoms with van der Waals surface area (Å²) in [6.07, 6.45) is 3.75. The molecular formula is C16H21ClN2O. The molecule has 20 heavy (non-hydrogen) atoms. The molecule has 1 N–H and O–H groups in total. The highest BCUT2D eigenvalue weighted by molar-refractivity contribution is 5.45. The molecule has 0 aromatic heterocycles. The molecule has 0 amide bonds. The van der Waals surface area contributed by atoms with Crippen molar-refractivity contribution in [3.63, 3.8) is 0 Å². The van der Waals surface area contributed by atoms with E-state index in [1.807, 2.05) is 18.2 Å². The number of hydrogen-bond acceptors (Lipinski definition) is 2. The van der Waals surface area contributed by atoms with Crippen molar-refractivity contribution in [2.24, 2.45) is 0 Å². The van der Waals surface area contributed by atoms with Gasteiger partial charge in [-0.3, -0.25) is 0 Å². The van der Waals surface area contributed by atoms with Crippen LogP contribution in [0.1, 0.15) is 43.2 Å². The van der Waals surface area contributed by atoms with Crippen LogP contribution in [-0.2, 0) is 0 Å². The lowest BCUT2D eigenvalue weighted by Gasteiger charge is -2.41. The van der Waals surface area contributed by atoms with Crippen LogP contribution in [0.5, 0.6) is 5.75 Å². The normalized spacial score (nSPS) is 27.3. The molecular weight excluding hydrogens is 272 g/mol. The number of halogens is 1. The van der Waals surface area contributed by atoms with Gasteiger partial charge in [0.25, 0.3) is 0 Å². The van der Waals surface area contributed by atoms with Gasteiger partial charge in [0, 0.05) is 11.5 Å². The molecule has 1 fully saturated rings. The second-order valence-corrected chi connectivity index (χ2v) is 5.69. The summed E-state index contributed by atoms with van der Waals surface area (Å²) in [6.45, 7) is 5.59. The maximum Gasteiger partial charge on any atom is 0.140 e. The summed E-state index contributed by atoms with van der Waals surface area (Å²) in [5.74, 6) is 1.57. The topological polar surface area (TPSA) is 37.5 Å². The maximum absolute atomic E-state index is 9.08. The van der Waals surface area contributed by atoms with E-state index < -0.39 is 0 Å². The lowest BCUT2D eigenvalue weighted by molar-refractivity contribution is -0.932. The van der Waals surface area contributed by atoms with Gasteiger partial charge in [-0.05, 0) is 37.5 Å². The monoisotopic (exact) mass is 292 g/mol. The number of quaternary nitrogens is 1. The van der Waals surface area contributed by atoms with Crippen LogP contribution in [0.2, 0.25) is 0 Å². The lowest BCUT2D eigenvalue weighted by Crippen LogP contribution is -3.18. The van der Waals surface area contributed by atoms with E-state index in [1.54, 1.807) is 4.90 Å². The third-order valence-electron chi connectivity index (χ3n) is 4.55. The minimum absolute atomic E-state index is 0. The average molecular weight is 293 g/mol. The van der Waals surface area contributed by atoms with Gasteiger partial charge in [0.15, 0.2) is 0 Å². The van der Waals surface area contributed by atoms with E-state index in [4.69, 9.17) is 10.00 Å². The van der Waals surface area contributed by atoms with Gasteiger partial charge in [0.2, 0.25) is 0 Å². The van der Waals surface area contributed by atoms with Crippen molar-refractivity contribution in [3.8, 4) is 11.8 Å².